The Morgan fingerprint density at radius 1 is 1.03 bits per heavy atom. The Labute approximate surface area is 187 Å². The van der Waals surface area contributed by atoms with Gasteiger partial charge in [0.05, 0.1) is 27.9 Å². The van der Waals surface area contributed by atoms with Crippen LogP contribution in [-0.2, 0) is 25.7 Å². The molecule has 0 spiro atoms. The van der Waals surface area contributed by atoms with E-state index in [4.69, 9.17) is 19.0 Å². The zero-order valence-corrected chi connectivity index (χ0v) is 18.7. The van der Waals surface area contributed by atoms with Crippen LogP contribution in [0.5, 0.6) is 11.5 Å². The molecule has 1 aliphatic heterocycles. The fourth-order valence-corrected chi connectivity index (χ4v) is 3.53. The third kappa shape index (κ3) is 4.86. The molecule has 8 heteroatoms. The second-order valence-electron chi connectivity index (χ2n) is 7.16. The zero-order valence-electron chi connectivity index (χ0n) is 18.7. The molecule has 1 amide bonds. The molecule has 1 aliphatic rings. The number of nitrogens with one attached hydrogen (secondary N) is 1. The van der Waals surface area contributed by atoms with Crippen LogP contribution in [0.3, 0.4) is 0 Å². The highest BCUT2D eigenvalue weighted by Gasteiger charge is 2.43. The van der Waals surface area contributed by atoms with Gasteiger partial charge in [-0.3, -0.25) is 4.79 Å². The third-order valence-corrected chi connectivity index (χ3v) is 5.07. The number of amides is 1. The van der Waals surface area contributed by atoms with Crippen molar-refractivity contribution in [2.75, 3.05) is 27.9 Å². The molecule has 3 rings (SSSR count). The van der Waals surface area contributed by atoms with Crippen molar-refractivity contribution in [3.63, 3.8) is 0 Å². The summed E-state index contributed by atoms with van der Waals surface area (Å²) in [6, 6.07) is 14.3. The largest absolute Gasteiger partial charge is 0.493 e. The molecule has 170 valence electrons. The number of hydrogen-bond donors (Lipinski definition) is 1. The monoisotopic (exact) mass is 440 g/mol. The molecule has 0 bridgehead atoms. The van der Waals surface area contributed by atoms with Crippen molar-refractivity contribution >= 4 is 11.9 Å². The van der Waals surface area contributed by atoms with Gasteiger partial charge < -0.3 is 24.4 Å². The van der Waals surface area contributed by atoms with Gasteiger partial charge in [-0.05, 0) is 29.7 Å². The minimum atomic E-state index is -0.690. The summed E-state index contributed by atoms with van der Waals surface area (Å²) in [6.07, 6.45) is 0.749. The van der Waals surface area contributed by atoms with E-state index in [9.17, 15) is 9.59 Å². The van der Waals surface area contributed by atoms with E-state index in [0.717, 1.165) is 12.0 Å². The van der Waals surface area contributed by atoms with E-state index in [-0.39, 0.29) is 11.3 Å². The summed E-state index contributed by atoms with van der Waals surface area (Å²) in [6.45, 7) is 2.74. The van der Waals surface area contributed by atoms with Crippen LogP contribution < -0.4 is 14.8 Å². The van der Waals surface area contributed by atoms with Gasteiger partial charge in [0.2, 0.25) is 5.76 Å². The van der Waals surface area contributed by atoms with Crippen LogP contribution in [0.1, 0.15) is 30.5 Å². The molecule has 1 atom stereocenters. The van der Waals surface area contributed by atoms with Crippen molar-refractivity contribution < 1.29 is 28.6 Å². The van der Waals surface area contributed by atoms with E-state index in [2.05, 4.69) is 5.32 Å². The van der Waals surface area contributed by atoms with Crippen molar-refractivity contribution in [3.8, 4) is 11.5 Å². The summed E-state index contributed by atoms with van der Waals surface area (Å²) in [5, 5.41) is 4.38. The number of nitrogens with zero attached hydrogens (tertiary/aromatic N) is 1. The van der Waals surface area contributed by atoms with Crippen LogP contribution in [0.4, 0.5) is 0 Å². The van der Waals surface area contributed by atoms with Crippen molar-refractivity contribution in [3.05, 3.63) is 71.0 Å². The number of hydrogen-bond acceptors (Lipinski definition) is 7. The van der Waals surface area contributed by atoms with Crippen LogP contribution >= 0.6 is 0 Å². The van der Waals surface area contributed by atoms with Crippen LogP contribution in [-0.4, -0.2) is 44.8 Å². The quantitative estimate of drug-likeness (QED) is 0.600. The van der Waals surface area contributed by atoms with Gasteiger partial charge in [-0.1, -0.05) is 43.3 Å². The Morgan fingerprint density at radius 3 is 2.38 bits per heavy atom. The van der Waals surface area contributed by atoms with E-state index in [0.29, 0.717) is 30.2 Å². The topological polar surface area (TPSA) is 86.3 Å². The molecule has 1 unspecified atom stereocenters. The molecule has 32 heavy (non-hydrogen) atoms. The first kappa shape index (κ1) is 23.1. The van der Waals surface area contributed by atoms with Gasteiger partial charge in [-0.2, -0.15) is 0 Å². The molecule has 2 aromatic carbocycles. The number of ether oxygens (including phenoxy) is 3. The molecule has 8 nitrogen and oxygen atoms in total. The highest BCUT2D eigenvalue weighted by molar-refractivity contribution is 6.02. The van der Waals surface area contributed by atoms with Crippen molar-refractivity contribution in [1.29, 1.82) is 0 Å². The average molecular weight is 440 g/mol. The van der Waals surface area contributed by atoms with E-state index in [1.54, 1.807) is 24.3 Å². The molecular weight excluding hydrogens is 412 g/mol. The smallest absolute Gasteiger partial charge is 0.339 e. The maximum atomic E-state index is 12.9. The van der Waals surface area contributed by atoms with Gasteiger partial charge in [0.15, 0.2) is 11.5 Å². The van der Waals surface area contributed by atoms with E-state index in [1.807, 2.05) is 43.3 Å². The Balaban J connectivity index is 2.10. The van der Waals surface area contributed by atoms with Crippen molar-refractivity contribution in [2.24, 2.45) is 0 Å². The fourth-order valence-electron chi connectivity index (χ4n) is 3.53. The van der Waals surface area contributed by atoms with E-state index >= 15 is 0 Å². The van der Waals surface area contributed by atoms with Crippen LogP contribution in [0.25, 0.3) is 0 Å². The lowest BCUT2D eigenvalue weighted by atomic mass is 9.96. The van der Waals surface area contributed by atoms with Gasteiger partial charge in [0.25, 0.3) is 5.91 Å². The number of carbonyl (C=O) groups is 2. The van der Waals surface area contributed by atoms with Gasteiger partial charge in [0, 0.05) is 6.54 Å². The summed E-state index contributed by atoms with van der Waals surface area (Å²) < 4.78 is 15.8. The maximum Gasteiger partial charge on any atom is 0.339 e. The Bertz CT molecular complexity index is 989. The second kappa shape index (κ2) is 10.7. The normalized spacial score (nSPS) is 15.8. The first-order valence-corrected chi connectivity index (χ1v) is 10.3. The number of benzene rings is 2. The average Bonchev–Trinajstić information content (AvgIpc) is 3.21. The molecule has 0 fully saturated rings. The summed E-state index contributed by atoms with van der Waals surface area (Å²) in [5.41, 5.74) is 1.78. The molecule has 0 saturated heterocycles. The van der Waals surface area contributed by atoms with Gasteiger partial charge >= 0.3 is 5.97 Å². The van der Waals surface area contributed by atoms with E-state index in [1.165, 1.54) is 14.2 Å². The van der Waals surface area contributed by atoms with Crippen LogP contribution in [0, 0.1) is 0 Å². The summed E-state index contributed by atoms with van der Waals surface area (Å²) >= 11 is 0. The number of hydroxylamine groups is 2. The fraction of sp³-hybridized carbons (Fsp3) is 0.333. The zero-order chi connectivity index (χ0) is 23.1. The lowest BCUT2D eigenvalue weighted by molar-refractivity contribution is -0.147. The Hall–Kier alpha value is -3.52. The predicted octanol–water partition coefficient (Wildman–Crippen LogP) is 3.15. The first-order chi connectivity index (χ1) is 15.5. The van der Waals surface area contributed by atoms with E-state index < -0.39 is 17.9 Å². The standard InChI is InChI=1S/C24H28N2O6/c1-5-13-25-23(27)22-20(24(28)31-4)21(17-11-12-18(29-2)19(14-17)30-3)26(32-22)15-16-9-7-6-8-10-16/h6-12,14,21H,5,13,15H2,1-4H3,(H,25,27). The summed E-state index contributed by atoms with van der Waals surface area (Å²) in [7, 11) is 4.37. The molecule has 0 aliphatic carbocycles. The predicted molar refractivity (Wildman–Crippen MR) is 118 cm³/mol. The lowest BCUT2D eigenvalue weighted by Gasteiger charge is -2.25. The highest BCUT2D eigenvalue weighted by atomic mass is 16.7. The lowest BCUT2D eigenvalue weighted by Crippen LogP contribution is -2.28. The Morgan fingerprint density at radius 2 is 1.75 bits per heavy atom. The van der Waals surface area contributed by atoms with Gasteiger partial charge in [-0.15, -0.1) is 5.06 Å². The van der Waals surface area contributed by atoms with Crippen molar-refractivity contribution in [1.82, 2.24) is 10.4 Å². The molecule has 0 aromatic heterocycles. The summed E-state index contributed by atoms with van der Waals surface area (Å²) in [4.78, 5) is 31.7. The Kier molecular flexibility index (Phi) is 7.72. The van der Waals surface area contributed by atoms with Gasteiger partial charge in [0.1, 0.15) is 11.6 Å². The summed E-state index contributed by atoms with van der Waals surface area (Å²) in [5.74, 6) is -0.122. The molecule has 2 aromatic rings. The number of esters is 1. The van der Waals surface area contributed by atoms with Crippen molar-refractivity contribution in [2.45, 2.75) is 25.9 Å². The molecule has 0 saturated carbocycles. The van der Waals surface area contributed by atoms with Crippen LogP contribution in [0.15, 0.2) is 59.9 Å². The van der Waals surface area contributed by atoms with Gasteiger partial charge in [-0.25, -0.2) is 4.79 Å². The maximum absolute atomic E-state index is 12.9. The number of carbonyl (C=O) groups excluding carboxylic acids is 2. The minimum Gasteiger partial charge on any atom is -0.493 e. The van der Waals surface area contributed by atoms with Crippen LogP contribution in [0.2, 0.25) is 0 Å². The first-order valence-electron chi connectivity index (χ1n) is 10.3. The molecule has 1 N–H and O–H groups in total. The third-order valence-electron chi connectivity index (χ3n) is 5.07. The molecule has 1 heterocycles. The number of rotatable bonds is 9. The highest BCUT2D eigenvalue weighted by Crippen LogP contribution is 2.42. The molecule has 0 radical (unpaired) electrons. The number of methoxy groups -OCH3 is 3. The molecular formula is C24H28N2O6. The minimum absolute atomic E-state index is 0.0685. The second-order valence-corrected chi connectivity index (χ2v) is 7.16. The SMILES string of the molecule is CCCNC(=O)C1=C(C(=O)OC)C(c2ccc(OC)c(OC)c2)N(Cc2ccccc2)O1.